The minimum absolute atomic E-state index is 0.0164. The number of benzene rings is 3. The van der Waals surface area contributed by atoms with Gasteiger partial charge in [-0.05, 0) is 23.3 Å². The molecule has 0 amide bonds. The molecule has 0 bridgehead atoms. The molecule has 112 valence electrons. The second-order valence-electron chi connectivity index (χ2n) is 5.15. The maximum atomic E-state index is 12.0. The van der Waals surface area contributed by atoms with Crippen molar-refractivity contribution in [1.82, 2.24) is 0 Å². The van der Waals surface area contributed by atoms with Crippen molar-refractivity contribution in [2.75, 3.05) is 5.32 Å². The molecule has 0 saturated heterocycles. The highest BCUT2D eigenvalue weighted by molar-refractivity contribution is 6.04. The maximum Gasteiger partial charge on any atom is 0.187 e. The van der Waals surface area contributed by atoms with Crippen molar-refractivity contribution >= 4 is 11.5 Å². The van der Waals surface area contributed by atoms with E-state index in [-0.39, 0.29) is 5.78 Å². The van der Waals surface area contributed by atoms with E-state index in [1.54, 1.807) is 12.3 Å². The molecule has 2 heteroatoms. The van der Waals surface area contributed by atoms with Crippen LogP contribution in [0.2, 0.25) is 0 Å². The molecule has 0 fully saturated rings. The molecule has 3 aromatic carbocycles. The average molecular weight is 299 g/mol. The van der Waals surface area contributed by atoms with Gasteiger partial charge in [-0.2, -0.15) is 0 Å². The Hall–Kier alpha value is -3.13. The van der Waals surface area contributed by atoms with Crippen LogP contribution in [0.4, 0.5) is 5.69 Å². The Morgan fingerprint density at radius 3 is 2.13 bits per heavy atom. The topological polar surface area (TPSA) is 29.1 Å². The largest absolute Gasteiger partial charge is 0.362 e. The average Bonchev–Trinajstić information content (AvgIpc) is 2.63. The lowest BCUT2D eigenvalue weighted by Crippen LogP contribution is -1.95. The summed E-state index contributed by atoms with van der Waals surface area (Å²) in [5.41, 5.74) is 3.94. The van der Waals surface area contributed by atoms with Gasteiger partial charge < -0.3 is 5.32 Å². The van der Waals surface area contributed by atoms with Gasteiger partial charge in [-0.3, -0.25) is 4.79 Å². The van der Waals surface area contributed by atoms with Crippen LogP contribution in [0, 0.1) is 0 Å². The van der Waals surface area contributed by atoms with Crippen LogP contribution in [-0.4, -0.2) is 5.78 Å². The minimum atomic E-state index is -0.0164. The Balaban J connectivity index is 1.69. The van der Waals surface area contributed by atoms with E-state index in [0.29, 0.717) is 5.56 Å². The quantitative estimate of drug-likeness (QED) is 0.520. The Bertz CT molecular complexity index is 808. The van der Waals surface area contributed by atoms with E-state index < -0.39 is 0 Å². The zero-order chi connectivity index (χ0) is 15.9. The van der Waals surface area contributed by atoms with E-state index in [4.69, 9.17) is 0 Å². The molecule has 2 nitrogen and oxygen atoms in total. The summed E-state index contributed by atoms with van der Waals surface area (Å²) in [6.07, 6.45) is 3.23. The molecule has 0 unspecified atom stereocenters. The highest BCUT2D eigenvalue weighted by Crippen LogP contribution is 2.22. The molecule has 0 aliphatic heterocycles. The van der Waals surface area contributed by atoms with Gasteiger partial charge in [0.1, 0.15) is 0 Å². The molecule has 0 radical (unpaired) electrons. The van der Waals surface area contributed by atoms with E-state index in [9.17, 15) is 4.79 Å². The lowest BCUT2D eigenvalue weighted by Gasteiger charge is -2.05. The molecule has 0 heterocycles. The highest BCUT2D eigenvalue weighted by atomic mass is 16.1. The SMILES string of the molecule is O=C(/C=C\Nc1cccc(-c2ccccc2)c1)c1ccccc1. The molecule has 0 aromatic heterocycles. The molecular formula is C21H17NO. The number of ketones is 1. The van der Waals surface area contributed by atoms with Crippen LogP contribution >= 0.6 is 0 Å². The van der Waals surface area contributed by atoms with Gasteiger partial charge in [0.2, 0.25) is 0 Å². The monoisotopic (exact) mass is 299 g/mol. The molecular weight excluding hydrogens is 282 g/mol. The van der Waals surface area contributed by atoms with Crippen molar-refractivity contribution in [3.63, 3.8) is 0 Å². The number of carbonyl (C=O) groups excluding carboxylic acids is 1. The van der Waals surface area contributed by atoms with Crippen molar-refractivity contribution < 1.29 is 4.79 Å². The van der Waals surface area contributed by atoms with Gasteiger partial charge in [0.05, 0.1) is 0 Å². The Labute approximate surface area is 136 Å². The Morgan fingerprint density at radius 1 is 0.739 bits per heavy atom. The summed E-state index contributed by atoms with van der Waals surface area (Å²) in [7, 11) is 0. The van der Waals surface area contributed by atoms with Gasteiger partial charge in [0.15, 0.2) is 5.78 Å². The summed E-state index contributed by atoms with van der Waals surface area (Å²) in [6, 6.07) is 27.5. The van der Waals surface area contributed by atoms with Crippen LogP contribution in [0.15, 0.2) is 97.2 Å². The molecule has 3 aromatic rings. The predicted molar refractivity (Wildman–Crippen MR) is 95.4 cm³/mol. The van der Waals surface area contributed by atoms with Crippen molar-refractivity contribution in [3.05, 3.63) is 103 Å². The van der Waals surface area contributed by atoms with Crippen molar-refractivity contribution in [2.24, 2.45) is 0 Å². The molecule has 0 spiro atoms. The Kier molecular flexibility index (Phi) is 4.65. The fourth-order valence-corrected chi connectivity index (χ4v) is 2.33. The summed E-state index contributed by atoms with van der Waals surface area (Å²) in [4.78, 5) is 12.0. The summed E-state index contributed by atoms with van der Waals surface area (Å²) < 4.78 is 0. The third kappa shape index (κ3) is 3.95. The number of hydrogen-bond donors (Lipinski definition) is 1. The predicted octanol–water partition coefficient (Wildman–Crippen LogP) is 5.16. The zero-order valence-corrected chi connectivity index (χ0v) is 12.6. The van der Waals surface area contributed by atoms with E-state index in [1.807, 2.05) is 60.7 Å². The standard InChI is InChI=1S/C21H17NO/c23-21(18-10-5-2-6-11-18)14-15-22-20-13-7-12-19(16-20)17-8-3-1-4-9-17/h1-16,22H/b15-14-. The number of anilines is 1. The van der Waals surface area contributed by atoms with Crippen LogP contribution < -0.4 is 5.32 Å². The first-order valence-corrected chi connectivity index (χ1v) is 7.51. The lowest BCUT2D eigenvalue weighted by molar-refractivity contribution is 0.104. The van der Waals surface area contributed by atoms with Crippen LogP contribution in [0.5, 0.6) is 0 Å². The first-order valence-electron chi connectivity index (χ1n) is 7.51. The highest BCUT2D eigenvalue weighted by Gasteiger charge is 2.00. The number of hydrogen-bond acceptors (Lipinski definition) is 2. The van der Waals surface area contributed by atoms with Crippen LogP contribution in [0.25, 0.3) is 11.1 Å². The van der Waals surface area contributed by atoms with Gasteiger partial charge in [-0.25, -0.2) is 0 Å². The normalized spacial score (nSPS) is 10.6. The fraction of sp³-hybridized carbons (Fsp3) is 0. The number of allylic oxidation sites excluding steroid dienone is 1. The first kappa shape index (κ1) is 14.8. The van der Waals surface area contributed by atoms with Gasteiger partial charge in [0, 0.05) is 23.5 Å². The molecule has 0 saturated carbocycles. The summed E-state index contributed by atoms with van der Waals surface area (Å²) in [6.45, 7) is 0. The van der Waals surface area contributed by atoms with Crippen molar-refractivity contribution in [3.8, 4) is 11.1 Å². The van der Waals surface area contributed by atoms with Gasteiger partial charge >= 0.3 is 0 Å². The van der Waals surface area contributed by atoms with E-state index in [1.165, 1.54) is 5.56 Å². The third-order valence-corrected chi connectivity index (χ3v) is 3.51. The minimum Gasteiger partial charge on any atom is -0.362 e. The summed E-state index contributed by atoms with van der Waals surface area (Å²) >= 11 is 0. The summed E-state index contributed by atoms with van der Waals surface area (Å²) in [5, 5.41) is 3.15. The second kappa shape index (κ2) is 7.23. The first-order chi connectivity index (χ1) is 11.3. The van der Waals surface area contributed by atoms with E-state index in [0.717, 1.165) is 11.3 Å². The number of rotatable bonds is 5. The molecule has 23 heavy (non-hydrogen) atoms. The Morgan fingerprint density at radius 2 is 1.39 bits per heavy atom. The molecule has 0 atom stereocenters. The smallest absolute Gasteiger partial charge is 0.187 e. The molecule has 0 aliphatic rings. The van der Waals surface area contributed by atoms with Gasteiger partial charge in [-0.15, -0.1) is 0 Å². The second-order valence-corrected chi connectivity index (χ2v) is 5.15. The van der Waals surface area contributed by atoms with Gasteiger partial charge in [-0.1, -0.05) is 72.8 Å². The third-order valence-electron chi connectivity index (χ3n) is 3.51. The molecule has 0 aliphatic carbocycles. The number of carbonyl (C=O) groups is 1. The van der Waals surface area contributed by atoms with Crippen LogP contribution in [-0.2, 0) is 0 Å². The molecule has 1 N–H and O–H groups in total. The molecule has 3 rings (SSSR count). The van der Waals surface area contributed by atoms with Crippen LogP contribution in [0.3, 0.4) is 0 Å². The van der Waals surface area contributed by atoms with Crippen molar-refractivity contribution in [2.45, 2.75) is 0 Å². The van der Waals surface area contributed by atoms with E-state index in [2.05, 4.69) is 29.6 Å². The van der Waals surface area contributed by atoms with Crippen LogP contribution in [0.1, 0.15) is 10.4 Å². The zero-order valence-electron chi connectivity index (χ0n) is 12.6. The number of nitrogens with one attached hydrogen (secondary N) is 1. The summed E-state index contributed by atoms with van der Waals surface area (Å²) in [5.74, 6) is -0.0164. The lowest BCUT2D eigenvalue weighted by atomic mass is 10.1. The maximum absolute atomic E-state index is 12.0. The fourth-order valence-electron chi connectivity index (χ4n) is 2.33. The van der Waals surface area contributed by atoms with Crippen molar-refractivity contribution in [1.29, 1.82) is 0 Å². The van der Waals surface area contributed by atoms with E-state index >= 15 is 0 Å². The van der Waals surface area contributed by atoms with Gasteiger partial charge in [0.25, 0.3) is 0 Å².